The van der Waals surface area contributed by atoms with E-state index >= 15 is 0 Å². The van der Waals surface area contributed by atoms with Crippen molar-refractivity contribution in [3.63, 3.8) is 0 Å². The van der Waals surface area contributed by atoms with E-state index in [1.165, 1.54) is 18.0 Å². The lowest BCUT2D eigenvalue weighted by molar-refractivity contribution is 0.311. The zero-order valence-corrected chi connectivity index (χ0v) is 8.16. The Hall–Kier alpha value is -0.350. The molecule has 0 saturated heterocycles. The van der Waals surface area contributed by atoms with Crippen molar-refractivity contribution in [2.24, 2.45) is 0 Å². The van der Waals surface area contributed by atoms with E-state index in [9.17, 15) is 0 Å². The third-order valence-corrected chi connectivity index (χ3v) is 3.39. The topological polar surface area (TPSA) is 37.8 Å². The van der Waals surface area contributed by atoms with Crippen LogP contribution < -0.4 is 5.32 Å². The molecule has 0 unspecified atom stereocenters. The number of hydrogen-bond acceptors (Lipinski definition) is 4. The van der Waals surface area contributed by atoms with Gasteiger partial charge in [0.05, 0.1) is 5.54 Å². The summed E-state index contributed by atoms with van der Waals surface area (Å²) in [7, 11) is 0. The molecule has 66 valence electrons. The summed E-state index contributed by atoms with van der Waals surface area (Å²) in [5.74, 6) is 0.659. The predicted molar refractivity (Wildman–Crippen MR) is 50.8 cm³/mol. The molecule has 0 bridgehead atoms. The Kier molecular flexibility index (Phi) is 2.19. The smallest absolute Gasteiger partial charge is 0.202 e. The van der Waals surface area contributed by atoms with Gasteiger partial charge in [0, 0.05) is 17.4 Å². The standard InChI is InChI=1S/C7H10ClN3S/c8-4-7(2-1-3-7)11-6-9-5-10-12-6/h5H,1-4H2,(H,9,10,11). The van der Waals surface area contributed by atoms with Gasteiger partial charge in [0.1, 0.15) is 6.33 Å². The Balaban J connectivity index is 2.01. The summed E-state index contributed by atoms with van der Waals surface area (Å²) in [4.78, 5) is 4.07. The molecule has 0 aliphatic heterocycles. The van der Waals surface area contributed by atoms with Crippen molar-refractivity contribution < 1.29 is 0 Å². The van der Waals surface area contributed by atoms with Crippen LogP contribution in [0.5, 0.6) is 0 Å². The molecule has 0 aromatic carbocycles. The maximum Gasteiger partial charge on any atom is 0.202 e. The van der Waals surface area contributed by atoms with Crippen molar-refractivity contribution in [2.75, 3.05) is 11.2 Å². The highest BCUT2D eigenvalue weighted by molar-refractivity contribution is 7.09. The Bertz CT molecular complexity index is 240. The van der Waals surface area contributed by atoms with Gasteiger partial charge in [-0.25, -0.2) is 4.98 Å². The number of halogens is 1. The van der Waals surface area contributed by atoms with Crippen LogP contribution in [0.3, 0.4) is 0 Å². The van der Waals surface area contributed by atoms with Gasteiger partial charge in [-0.3, -0.25) is 0 Å². The molecule has 5 heteroatoms. The van der Waals surface area contributed by atoms with E-state index in [0.717, 1.165) is 18.0 Å². The van der Waals surface area contributed by atoms with Gasteiger partial charge in [0.25, 0.3) is 0 Å². The first kappa shape index (κ1) is 8.26. The summed E-state index contributed by atoms with van der Waals surface area (Å²) in [6.07, 6.45) is 5.12. The van der Waals surface area contributed by atoms with Crippen LogP contribution in [0.2, 0.25) is 0 Å². The first-order valence-electron chi connectivity index (χ1n) is 3.95. The van der Waals surface area contributed by atoms with Crippen molar-refractivity contribution in [1.82, 2.24) is 9.36 Å². The fourth-order valence-electron chi connectivity index (χ4n) is 1.35. The third-order valence-electron chi connectivity index (χ3n) is 2.30. The van der Waals surface area contributed by atoms with Crippen LogP contribution in [0.1, 0.15) is 19.3 Å². The van der Waals surface area contributed by atoms with E-state index < -0.39 is 0 Å². The van der Waals surface area contributed by atoms with Crippen molar-refractivity contribution in [2.45, 2.75) is 24.8 Å². The van der Waals surface area contributed by atoms with Gasteiger partial charge in [0.2, 0.25) is 5.13 Å². The molecule has 2 rings (SSSR count). The van der Waals surface area contributed by atoms with Crippen molar-refractivity contribution >= 4 is 28.3 Å². The molecule has 1 aromatic rings. The highest BCUT2D eigenvalue weighted by Gasteiger charge is 2.36. The first-order chi connectivity index (χ1) is 5.85. The van der Waals surface area contributed by atoms with Crippen LogP contribution >= 0.6 is 23.1 Å². The molecule has 0 radical (unpaired) electrons. The van der Waals surface area contributed by atoms with E-state index in [1.54, 1.807) is 6.33 Å². The number of aromatic nitrogens is 2. The quantitative estimate of drug-likeness (QED) is 0.765. The minimum Gasteiger partial charge on any atom is -0.354 e. The van der Waals surface area contributed by atoms with Gasteiger partial charge in [-0.1, -0.05) is 0 Å². The van der Waals surface area contributed by atoms with Crippen molar-refractivity contribution in [3.05, 3.63) is 6.33 Å². The Morgan fingerprint density at radius 1 is 1.67 bits per heavy atom. The molecule has 0 spiro atoms. The van der Waals surface area contributed by atoms with E-state index in [-0.39, 0.29) is 5.54 Å². The zero-order valence-electron chi connectivity index (χ0n) is 6.59. The van der Waals surface area contributed by atoms with Gasteiger partial charge >= 0.3 is 0 Å². The molecule has 1 fully saturated rings. The first-order valence-corrected chi connectivity index (χ1v) is 5.26. The molecule has 0 amide bonds. The second-order valence-corrected chi connectivity index (χ2v) is 4.19. The summed E-state index contributed by atoms with van der Waals surface area (Å²) < 4.78 is 3.92. The molecular formula is C7H10ClN3S. The molecule has 1 aromatic heterocycles. The number of anilines is 1. The zero-order chi connectivity index (χ0) is 8.44. The second kappa shape index (κ2) is 3.18. The van der Waals surface area contributed by atoms with Gasteiger partial charge in [-0.05, 0) is 19.3 Å². The van der Waals surface area contributed by atoms with Crippen molar-refractivity contribution in [1.29, 1.82) is 0 Å². The summed E-state index contributed by atoms with van der Waals surface area (Å²) >= 11 is 7.25. The fraction of sp³-hybridized carbons (Fsp3) is 0.714. The summed E-state index contributed by atoms with van der Waals surface area (Å²) in [6, 6.07) is 0. The van der Waals surface area contributed by atoms with Crippen LogP contribution in [0.25, 0.3) is 0 Å². The Morgan fingerprint density at radius 3 is 2.92 bits per heavy atom. The monoisotopic (exact) mass is 203 g/mol. The molecule has 1 saturated carbocycles. The maximum absolute atomic E-state index is 5.87. The van der Waals surface area contributed by atoms with Gasteiger partial charge < -0.3 is 5.32 Å². The largest absolute Gasteiger partial charge is 0.354 e. The highest BCUT2D eigenvalue weighted by atomic mass is 35.5. The minimum absolute atomic E-state index is 0.112. The summed E-state index contributed by atoms with van der Waals surface area (Å²) in [6.45, 7) is 0. The van der Waals surface area contributed by atoms with Gasteiger partial charge in [-0.2, -0.15) is 4.37 Å². The van der Waals surface area contributed by atoms with Gasteiger partial charge in [0.15, 0.2) is 0 Å². The Labute approximate surface area is 80.3 Å². The molecule has 1 aliphatic rings. The molecule has 1 N–H and O–H groups in total. The van der Waals surface area contributed by atoms with Crippen molar-refractivity contribution in [3.8, 4) is 0 Å². The lowest BCUT2D eigenvalue weighted by Gasteiger charge is -2.40. The fourth-order valence-corrected chi connectivity index (χ4v) is 2.24. The number of hydrogen-bond donors (Lipinski definition) is 1. The molecule has 12 heavy (non-hydrogen) atoms. The van der Waals surface area contributed by atoms with E-state index in [4.69, 9.17) is 11.6 Å². The number of rotatable bonds is 3. The SMILES string of the molecule is ClCC1(Nc2ncns2)CCC1. The predicted octanol–water partition coefficient (Wildman–Crippen LogP) is 2.11. The van der Waals surface area contributed by atoms with Crippen LogP contribution in [0, 0.1) is 0 Å². The number of alkyl halides is 1. The molecule has 1 aliphatic carbocycles. The average Bonchev–Trinajstić information content (AvgIpc) is 2.49. The lowest BCUT2D eigenvalue weighted by atomic mass is 9.78. The van der Waals surface area contributed by atoms with Crippen LogP contribution in [0.4, 0.5) is 5.13 Å². The highest BCUT2D eigenvalue weighted by Crippen LogP contribution is 2.36. The lowest BCUT2D eigenvalue weighted by Crippen LogP contribution is -2.46. The number of nitrogens with zero attached hydrogens (tertiary/aromatic N) is 2. The van der Waals surface area contributed by atoms with E-state index in [0.29, 0.717) is 5.88 Å². The van der Waals surface area contributed by atoms with E-state index in [2.05, 4.69) is 14.7 Å². The average molecular weight is 204 g/mol. The summed E-state index contributed by atoms with van der Waals surface area (Å²) in [5.41, 5.74) is 0.112. The Morgan fingerprint density at radius 2 is 2.50 bits per heavy atom. The van der Waals surface area contributed by atoms with E-state index in [1.807, 2.05) is 0 Å². The van der Waals surface area contributed by atoms with Crippen LogP contribution in [-0.2, 0) is 0 Å². The van der Waals surface area contributed by atoms with Gasteiger partial charge in [-0.15, -0.1) is 11.6 Å². The summed E-state index contributed by atoms with van der Waals surface area (Å²) in [5, 5.41) is 4.22. The molecule has 0 atom stereocenters. The van der Waals surface area contributed by atoms with Crippen LogP contribution in [-0.4, -0.2) is 20.8 Å². The second-order valence-electron chi connectivity index (χ2n) is 3.14. The molecule has 1 heterocycles. The maximum atomic E-state index is 5.87. The minimum atomic E-state index is 0.112. The van der Waals surface area contributed by atoms with Crippen LogP contribution in [0.15, 0.2) is 6.33 Å². The third kappa shape index (κ3) is 1.41. The molecular weight excluding hydrogens is 194 g/mol. The molecule has 3 nitrogen and oxygen atoms in total. The normalized spacial score (nSPS) is 20.1. The number of nitrogens with one attached hydrogen (secondary N) is 1.